The van der Waals surface area contributed by atoms with E-state index in [-0.39, 0.29) is 11.9 Å². The number of carbonyl (C=O) groups excluding carboxylic acids is 1. The lowest BCUT2D eigenvalue weighted by atomic mass is 9.99. The Bertz CT molecular complexity index is 1080. The van der Waals surface area contributed by atoms with E-state index in [1.165, 1.54) is 27.6 Å². The maximum atomic E-state index is 12.6. The van der Waals surface area contributed by atoms with Crippen molar-refractivity contribution in [3.8, 4) is 17.2 Å². The first-order valence-corrected chi connectivity index (χ1v) is 11.1. The first kappa shape index (κ1) is 18.4. The Kier molecular flexibility index (Phi) is 4.83. The summed E-state index contributed by atoms with van der Waals surface area (Å²) in [7, 11) is 0. The summed E-state index contributed by atoms with van der Waals surface area (Å²) in [4.78, 5) is 13.8. The molecule has 5 heteroatoms. The third kappa shape index (κ3) is 3.66. The van der Waals surface area contributed by atoms with Gasteiger partial charge in [0.25, 0.3) is 0 Å². The molecule has 1 aliphatic carbocycles. The Labute approximate surface area is 174 Å². The molecule has 2 aromatic carbocycles. The molecule has 1 aliphatic heterocycles. The molecule has 5 rings (SSSR count). The van der Waals surface area contributed by atoms with E-state index in [1.807, 2.05) is 18.2 Å². The van der Waals surface area contributed by atoms with Gasteiger partial charge in [-0.25, -0.2) is 0 Å². The maximum absolute atomic E-state index is 12.6. The molecule has 1 aromatic heterocycles. The van der Waals surface area contributed by atoms with E-state index in [0.29, 0.717) is 18.4 Å². The van der Waals surface area contributed by atoms with Gasteiger partial charge in [0, 0.05) is 22.0 Å². The molecule has 29 heavy (non-hydrogen) atoms. The van der Waals surface area contributed by atoms with Crippen LogP contribution in [0.1, 0.15) is 24.1 Å². The Morgan fingerprint density at radius 1 is 1.17 bits per heavy atom. The SMILES string of the molecule is N#CC(Cc1cc2cc(-c3ccccc3)ccc2s1)NC(=O)[C@H]1N[C@H]2CC[C@H]1C2. The fourth-order valence-corrected chi connectivity index (χ4v) is 5.84. The minimum atomic E-state index is -0.495. The van der Waals surface area contributed by atoms with E-state index in [4.69, 9.17) is 0 Å². The van der Waals surface area contributed by atoms with Gasteiger partial charge in [0.2, 0.25) is 5.91 Å². The van der Waals surface area contributed by atoms with Crippen molar-refractivity contribution in [2.75, 3.05) is 0 Å². The van der Waals surface area contributed by atoms with E-state index in [0.717, 1.165) is 17.7 Å². The molecule has 4 atom stereocenters. The van der Waals surface area contributed by atoms with Gasteiger partial charge in [-0.2, -0.15) is 5.26 Å². The summed E-state index contributed by atoms with van der Waals surface area (Å²) in [5.74, 6) is 0.413. The number of hydrogen-bond donors (Lipinski definition) is 2. The maximum Gasteiger partial charge on any atom is 0.238 e. The highest BCUT2D eigenvalue weighted by atomic mass is 32.1. The summed E-state index contributed by atoms with van der Waals surface area (Å²) in [6.07, 6.45) is 3.92. The summed E-state index contributed by atoms with van der Waals surface area (Å²) >= 11 is 1.70. The van der Waals surface area contributed by atoms with Gasteiger partial charge in [-0.1, -0.05) is 36.4 Å². The lowest BCUT2D eigenvalue weighted by Crippen LogP contribution is -2.50. The fourth-order valence-electron chi connectivity index (χ4n) is 4.75. The molecular weight excluding hydrogens is 378 g/mol. The van der Waals surface area contributed by atoms with Crippen LogP contribution in [-0.2, 0) is 11.2 Å². The first-order valence-electron chi connectivity index (χ1n) is 10.2. The number of nitrogens with zero attached hydrogens (tertiary/aromatic N) is 1. The molecule has 146 valence electrons. The molecule has 2 N–H and O–H groups in total. The van der Waals surface area contributed by atoms with Gasteiger partial charge in [-0.3, -0.25) is 4.79 Å². The lowest BCUT2D eigenvalue weighted by molar-refractivity contribution is -0.124. The van der Waals surface area contributed by atoms with E-state index < -0.39 is 6.04 Å². The van der Waals surface area contributed by atoms with E-state index >= 15 is 0 Å². The zero-order valence-electron chi connectivity index (χ0n) is 16.1. The number of nitriles is 1. The predicted molar refractivity (Wildman–Crippen MR) is 117 cm³/mol. The first-order chi connectivity index (χ1) is 14.2. The molecule has 3 aromatic rings. The van der Waals surface area contributed by atoms with Crippen LogP contribution in [0.4, 0.5) is 0 Å². The zero-order chi connectivity index (χ0) is 19.8. The molecule has 2 fully saturated rings. The summed E-state index contributed by atoms with van der Waals surface area (Å²) in [5, 5.41) is 17.2. The molecule has 2 aliphatic rings. The second-order valence-electron chi connectivity index (χ2n) is 8.14. The quantitative estimate of drug-likeness (QED) is 0.671. The van der Waals surface area contributed by atoms with Crippen molar-refractivity contribution in [2.45, 2.75) is 43.8 Å². The van der Waals surface area contributed by atoms with Crippen LogP contribution >= 0.6 is 11.3 Å². The monoisotopic (exact) mass is 401 g/mol. The number of benzene rings is 2. The van der Waals surface area contributed by atoms with Crippen molar-refractivity contribution in [2.24, 2.45) is 5.92 Å². The van der Waals surface area contributed by atoms with Gasteiger partial charge in [0.1, 0.15) is 6.04 Å². The van der Waals surface area contributed by atoms with Crippen LogP contribution in [-0.4, -0.2) is 24.0 Å². The number of fused-ring (bicyclic) bond motifs is 3. The topological polar surface area (TPSA) is 64.9 Å². The Hall–Kier alpha value is -2.68. The smallest absolute Gasteiger partial charge is 0.238 e. The second kappa shape index (κ2) is 7.62. The summed E-state index contributed by atoms with van der Waals surface area (Å²) < 4.78 is 1.21. The highest BCUT2D eigenvalue weighted by molar-refractivity contribution is 7.19. The lowest BCUT2D eigenvalue weighted by Gasteiger charge is -2.23. The zero-order valence-corrected chi connectivity index (χ0v) is 16.9. The molecule has 1 saturated carbocycles. The largest absolute Gasteiger partial charge is 0.339 e. The Balaban J connectivity index is 1.30. The highest BCUT2D eigenvalue weighted by Gasteiger charge is 2.43. The second-order valence-corrected chi connectivity index (χ2v) is 9.31. The number of amides is 1. The molecule has 1 amide bonds. The number of carbonyl (C=O) groups is 1. The number of nitrogens with one attached hydrogen (secondary N) is 2. The van der Waals surface area contributed by atoms with Crippen LogP contribution in [0.25, 0.3) is 21.2 Å². The van der Waals surface area contributed by atoms with Gasteiger partial charge in [-0.15, -0.1) is 11.3 Å². The number of hydrogen-bond acceptors (Lipinski definition) is 4. The average Bonchev–Trinajstić information content (AvgIpc) is 3.48. The van der Waals surface area contributed by atoms with Gasteiger partial charge in [0.05, 0.1) is 12.1 Å². The third-order valence-electron chi connectivity index (χ3n) is 6.19. The van der Waals surface area contributed by atoms with Crippen LogP contribution in [0.15, 0.2) is 54.6 Å². The van der Waals surface area contributed by atoms with Crippen LogP contribution in [0.2, 0.25) is 0 Å². The van der Waals surface area contributed by atoms with Crippen LogP contribution in [0.5, 0.6) is 0 Å². The third-order valence-corrected chi connectivity index (χ3v) is 7.33. The molecular formula is C24H23N3OS. The number of piperidine rings is 1. The van der Waals surface area contributed by atoms with Crippen LogP contribution in [0, 0.1) is 17.2 Å². The molecule has 0 spiro atoms. The molecule has 1 saturated heterocycles. The highest BCUT2D eigenvalue weighted by Crippen LogP contribution is 2.35. The van der Waals surface area contributed by atoms with Gasteiger partial charge < -0.3 is 10.6 Å². The minimum Gasteiger partial charge on any atom is -0.339 e. The normalized spacial score (nSPS) is 23.8. The molecule has 2 heterocycles. The standard InChI is InChI=1S/C24H23N3OS/c25-14-20(27-24(28)23-17-6-8-19(11-17)26-23)13-21-12-18-10-16(7-9-22(18)29-21)15-4-2-1-3-5-15/h1-5,7,9-10,12,17,19-20,23,26H,6,8,11,13H2,(H,27,28)/t17-,19-,20?,23-/m0/s1. The summed E-state index contributed by atoms with van der Waals surface area (Å²) in [5.41, 5.74) is 2.39. The van der Waals surface area contributed by atoms with Crippen molar-refractivity contribution in [3.05, 3.63) is 59.5 Å². The molecule has 1 unspecified atom stereocenters. The molecule has 0 radical (unpaired) electrons. The van der Waals surface area contributed by atoms with Crippen molar-refractivity contribution in [1.82, 2.24) is 10.6 Å². The van der Waals surface area contributed by atoms with Gasteiger partial charge in [0.15, 0.2) is 0 Å². The van der Waals surface area contributed by atoms with Crippen molar-refractivity contribution in [1.29, 1.82) is 5.26 Å². The fraction of sp³-hybridized carbons (Fsp3) is 0.333. The van der Waals surface area contributed by atoms with Gasteiger partial charge >= 0.3 is 0 Å². The Morgan fingerprint density at radius 2 is 2.03 bits per heavy atom. The summed E-state index contributed by atoms with van der Waals surface area (Å²) in [6, 6.07) is 21.1. The number of thiophene rings is 1. The van der Waals surface area contributed by atoms with E-state index in [9.17, 15) is 10.1 Å². The van der Waals surface area contributed by atoms with Crippen molar-refractivity contribution in [3.63, 3.8) is 0 Å². The van der Waals surface area contributed by atoms with E-state index in [1.54, 1.807) is 11.3 Å². The van der Waals surface area contributed by atoms with E-state index in [2.05, 4.69) is 53.1 Å². The predicted octanol–water partition coefficient (Wildman–Crippen LogP) is 4.26. The molecule has 2 bridgehead atoms. The number of rotatable bonds is 5. The average molecular weight is 402 g/mol. The molecule has 4 nitrogen and oxygen atoms in total. The van der Waals surface area contributed by atoms with Gasteiger partial charge in [-0.05, 0) is 59.9 Å². The minimum absolute atomic E-state index is 0.0174. The van der Waals surface area contributed by atoms with Crippen LogP contribution in [0.3, 0.4) is 0 Å². The Morgan fingerprint density at radius 3 is 2.76 bits per heavy atom. The van der Waals surface area contributed by atoms with Crippen molar-refractivity contribution < 1.29 is 4.79 Å². The summed E-state index contributed by atoms with van der Waals surface area (Å²) in [6.45, 7) is 0. The van der Waals surface area contributed by atoms with Crippen molar-refractivity contribution >= 4 is 27.3 Å². The van der Waals surface area contributed by atoms with Crippen LogP contribution < -0.4 is 10.6 Å².